The van der Waals surface area contributed by atoms with Crippen LogP contribution < -0.4 is 10.6 Å². The molecule has 0 unspecified atom stereocenters. The first-order valence-electron chi connectivity index (χ1n) is 7.57. The predicted molar refractivity (Wildman–Crippen MR) is 92.0 cm³/mol. The molecule has 0 spiro atoms. The summed E-state index contributed by atoms with van der Waals surface area (Å²) in [6, 6.07) is 11.9. The molecule has 3 rings (SSSR count). The molecule has 5 heteroatoms. The van der Waals surface area contributed by atoms with Crippen molar-refractivity contribution >= 4 is 17.5 Å². The highest BCUT2D eigenvalue weighted by Gasteiger charge is 2.07. The SMILES string of the molecule is Cc1cc(Nc2c(C)cccc2C)nc(NCc2ccco2)n1. The third-order valence-electron chi connectivity index (χ3n) is 3.59. The van der Waals surface area contributed by atoms with E-state index in [0.717, 1.165) is 23.0 Å². The van der Waals surface area contributed by atoms with Gasteiger partial charge in [0.1, 0.15) is 11.6 Å². The number of benzene rings is 1. The first-order valence-corrected chi connectivity index (χ1v) is 7.57. The second kappa shape index (κ2) is 6.52. The zero-order valence-corrected chi connectivity index (χ0v) is 13.6. The third kappa shape index (κ3) is 3.69. The van der Waals surface area contributed by atoms with Gasteiger partial charge in [0.05, 0.1) is 12.8 Å². The van der Waals surface area contributed by atoms with E-state index in [1.807, 2.05) is 25.1 Å². The average Bonchev–Trinajstić information content (AvgIpc) is 3.02. The summed E-state index contributed by atoms with van der Waals surface area (Å²) in [5.74, 6) is 2.20. The van der Waals surface area contributed by atoms with Gasteiger partial charge in [-0.3, -0.25) is 0 Å². The molecule has 0 aliphatic rings. The van der Waals surface area contributed by atoms with Crippen molar-refractivity contribution in [1.29, 1.82) is 0 Å². The molecule has 2 N–H and O–H groups in total. The lowest BCUT2D eigenvalue weighted by molar-refractivity contribution is 0.517. The van der Waals surface area contributed by atoms with Gasteiger partial charge < -0.3 is 15.1 Å². The van der Waals surface area contributed by atoms with Gasteiger partial charge in [0, 0.05) is 17.4 Å². The Morgan fingerprint density at radius 1 is 1.00 bits per heavy atom. The van der Waals surface area contributed by atoms with Crippen molar-refractivity contribution in [2.45, 2.75) is 27.3 Å². The maximum Gasteiger partial charge on any atom is 0.225 e. The summed E-state index contributed by atoms with van der Waals surface area (Å²) in [7, 11) is 0. The number of para-hydroxylation sites is 1. The van der Waals surface area contributed by atoms with E-state index in [-0.39, 0.29) is 0 Å². The van der Waals surface area contributed by atoms with Crippen molar-refractivity contribution in [2.75, 3.05) is 10.6 Å². The summed E-state index contributed by atoms with van der Waals surface area (Å²) in [5.41, 5.74) is 4.36. The van der Waals surface area contributed by atoms with Crippen molar-refractivity contribution in [2.24, 2.45) is 0 Å². The van der Waals surface area contributed by atoms with Crippen molar-refractivity contribution in [3.05, 3.63) is 65.2 Å². The van der Waals surface area contributed by atoms with Crippen LogP contribution in [0.2, 0.25) is 0 Å². The molecule has 5 nitrogen and oxygen atoms in total. The molecule has 0 atom stereocenters. The summed E-state index contributed by atoms with van der Waals surface area (Å²) in [5, 5.41) is 6.59. The lowest BCUT2D eigenvalue weighted by Crippen LogP contribution is -2.06. The Hall–Kier alpha value is -2.82. The Bertz CT molecular complexity index is 777. The van der Waals surface area contributed by atoms with E-state index >= 15 is 0 Å². The molecule has 0 radical (unpaired) electrons. The number of nitrogens with zero attached hydrogens (tertiary/aromatic N) is 2. The van der Waals surface area contributed by atoms with Crippen LogP contribution >= 0.6 is 0 Å². The van der Waals surface area contributed by atoms with Crippen LogP contribution in [0.15, 0.2) is 47.1 Å². The molecule has 0 saturated heterocycles. The van der Waals surface area contributed by atoms with Crippen molar-refractivity contribution < 1.29 is 4.42 Å². The normalized spacial score (nSPS) is 10.6. The second-order valence-electron chi connectivity index (χ2n) is 5.54. The summed E-state index contributed by atoms with van der Waals surface area (Å²) >= 11 is 0. The average molecular weight is 308 g/mol. The van der Waals surface area contributed by atoms with Gasteiger partial charge in [0.15, 0.2) is 0 Å². The predicted octanol–water partition coefficient (Wildman–Crippen LogP) is 4.35. The number of hydrogen-bond donors (Lipinski definition) is 2. The molecule has 0 fully saturated rings. The molecule has 0 amide bonds. The Labute approximate surface area is 135 Å². The molecule has 3 aromatic rings. The van der Waals surface area contributed by atoms with Crippen molar-refractivity contribution in [3.8, 4) is 0 Å². The molecule has 23 heavy (non-hydrogen) atoms. The Morgan fingerprint density at radius 2 is 1.78 bits per heavy atom. The fraction of sp³-hybridized carbons (Fsp3) is 0.222. The first kappa shape index (κ1) is 15.1. The quantitative estimate of drug-likeness (QED) is 0.733. The zero-order chi connectivity index (χ0) is 16.2. The van der Waals surface area contributed by atoms with E-state index in [0.29, 0.717) is 12.5 Å². The third-order valence-corrected chi connectivity index (χ3v) is 3.59. The highest BCUT2D eigenvalue weighted by atomic mass is 16.3. The van der Waals surface area contributed by atoms with Gasteiger partial charge in [-0.1, -0.05) is 18.2 Å². The maximum atomic E-state index is 5.31. The largest absolute Gasteiger partial charge is 0.467 e. The summed E-state index contributed by atoms with van der Waals surface area (Å²) < 4.78 is 5.31. The van der Waals surface area contributed by atoms with Gasteiger partial charge in [-0.25, -0.2) is 4.98 Å². The minimum atomic E-state index is 0.555. The molecule has 2 aromatic heterocycles. The number of aromatic nitrogens is 2. The number of nitrogens with one attached hydrogen (secondary N) is 2. The molecular formula is C18H20N4O. The number of hydrogen-bond acceptors (Lipinski definition) is 5. The van der Waals surface area contributed by atoms with Crippen LogP contribution in [0.5, 0.6) is 0 Å². The van der Waals surface area contributed by atoms with E-state index in [1.54, 1.807) is 6.26 Å². The summed E-state index contributed by atoms with van der Waals surface area (Å²) in [4.78, 5) is 8.95. The van der Waals surface area contributed by atoms with Crippen LogP contribution in [-0.2, 0) is 6.54 Å². The molecule has 2 heterocycles. The van der Waals surface area contributed by atoms with Crippen LogP contribution in [0.25, 0.3) is 0 Å². The van der Waals surface area contributed by atoms with Crippen LogP contribution in [0.4, 0.5) is 17.5 Å². The minimum Gasteiger partial charge on any atom is -0.467 e. The molecule has 0 aliphatic carbocycles. The lowest BCUT2D eigenvalue weighted by atomic mass is 10.1. The van der Waals surface area contributed by atoms with Crippen LogP contribution in [0, 0.1) is 20.8 Å². The van der Waals surface area contributed by atoms with Crippen molar-refractivity contribution in [1.82, 2.24) is 9.97 Å². The molecule has 0 saturated carbocycles. The molecule has 1 aromatic carbocycles. The second-order valence-corrected chi connectivity index (χ2v) is 5.54. The summed E-state index contributed by atoms with van der Waals surface area (Å²) in [6.45, 7) is 6.67. The van der Waals surface area contributed by atoms with E-state index < -0.39 is 0 Å². The fourth-order valence-corrected chi connectivity index (χ4v) is 2.43. The topological polar surface area (TPSA) is 63.0 Å². The highest BCUT2D eigenvalue weighted by Crippen LogP contribution is 2.24. The van der Waals surface area contributed by atoms with Crippen LogP contribution in [0.1, 0.15) is 22.6 Å². The first-order chi connectivity index (χ1) is 11.1. The molecule has 0 bridgehead atoms. The van der Waals surface area contributed by atoms with Gasteiger partial charge in [0.25, 0.3) is 0 Å². The molecular weight excluding hydrogens is 288 g/mol. The number of anilines is 3. The maximum absolute atomic E-state index is 5.31. The Kier molecular flexibility index (Phi) is 4.28. The van der Waals surface area contributed by atoms with Gasteiger partial charge in [-0.2, -0.15) is 4.98 Å². The number of furan rings is 1. The minimum absolute atomic E-state index is 0.555. The van der Waals surface area contributed by atoms with E-state index in [2.05, 4.69) is 52.6 Å². The monoisotopic (exact) mass is 308 g/mol. The van der Waals surface area contributed by atoms with Gasteiger partial charge in [-0.05, 0) is 44.0 Å². The van der Waals surface area contributed by atoms with Crippen LogP contribution in [-0.4, -0.2) is 9.97 Å². The van der Waals surface area contributed by atoms with Crippen LogP contribution in [0.3, 0.4) is 0 Å². The zero-order valence-electron chi connectivity index (χ0n) is 13.6. The van der Waals surface area contributed by atoms with E-state index in [1.165, 1.54) is 11.1 Å². The van der Waals surface area contributed by atoms with Gasteiger partial charge in [0.2, 0.25) is 5.95 Å². The molecule has 118 valence electrons. The van der Waals surface area contributed by atoms with Gasteiger partial charge in [-0.15, -0.1) is 0 Å². The summed E-state index contributed by atoms with van der Waals surface area (Å²) in [6.07, 6.45) is 1.65. The smallest absolute Gasteiger partial charge is 0.225 e. The molecule has 0 aliphatic heterocycles. The van der Waals surface area contributed by atoms with Gasteiger partial charge >= 0.3 is 0 Å². The standard InChI is InChI=1S/C18H20N4O/c1-12-6-4-7-13(2)17(12)21-16-10-14(3)20-18(22-16)19-11-15-8-5-9-23-15/h4-10H,11H2,1-3H3,(H2,19,20,21,22). The Morgan fingerprint density at radius 3 is 2.48 bits per heavy atom. The lowest BCUT2D eigenvalue weighted by Gasteiger charge is -2.13. The highest BCUT2D eigenvalue weighted by molar-refractivity contribution is 5.65. The fourth-order valence-electron chi connectivity index (χ4n) is 2.43. The number of rotatable bonds is 5. The Balaban J connectivity index is 1.80. The van der Waals surface area contributed by atoms with E-state index in [9.17, 15) is 0 Å². The number of aryl methyl sites for hydroxylation is 3. The van der Waals surface area contributed by atoms with Crippen molar-refractivity contribution in [3.63, 3.8) is 0 Å². The van der Waals surface area contributed by atoms with E-state index in [4.69, 9.17) is 4.42 Å².